The van der Waals surface area contributed by atoms with Crippen molar-refractivity contribution < 1.29 is 0 Å². The van der Waals surface area contributed by atoms with Crippen LogP contribution in [0.4, 0.5) is 5.00 Å². The summed E-state index contributed by atoms with van der Waals surface area (Å²) in [6.07, 6.45) is 6.16. The number of benzene rings is 1. The third-order valence-corrected chi connectivity index (χ3v) is 5.48. The molecule has 1 aromatic heterocycles. The lowest BCUT2D eigenvalue weighted by molar-refractivity contribution is 0.696. The van der Waals surface area contributed by atoms with Crippen LogP contribution in [-0.4, -0.2) is 6.21 Å². The third-order valence-electron chi connectivity index (χ3n) is 3.54. The summed E-state index contributed by atoms with van der Waals surface area (Å²) in [6.45, 7) is 0. The van der Waals surface area contributed by atoms with E-state index in [0.29, 0.717) is 10.0 Å². The van der Waals surface area contributed by atoms with Gasteiger partial charge in [-0.3, -0.25) is 0 Å². The Labute approximate surface area is 137 Å². The van der Waals surface area contributed by atoms with Crippen LogP contribution in [0.1, 0.15) is 34.4 Å². The number of hydrogen-bond acceptors (Lipinski definition) is 3. The highest BCUT2D eigenvalue weighted by Gasteiger charge is 2.20. The van der Waals surface area contributed by atoms with E-state index in [2.05, 4.69) is 11.1 Å². The molecule has 0 N–H and O–H groups in total. The molecule has 0 spiro atoms. The average molecular weight is 335 g/mol. The van der Waals surface area contributed by atoms with Crippen LogP contribution in [0.3, 0.4) is 0 Å². The molecule has 21 heavy (non-hydrogen) atoms. The van der Waals surface area contributed by atoms with Crippen molar-refractivity contribution in [3.63, 3.8) is 0 Å². The molecule has 1 aromatic carbocycles. The zero-order valence-corrected chi connectivity index (χ0v) is 13.5. The Bertz CT molecular complexity index is 756. The number of nitrogens with zero attached hydrogens (tertiary/aromatic N) is 2. The van der Waals surface area contributed by atoms with Gasteiger partial charge in [0.25, 0.3) is 0 Å². The van der Waals surface area contributed by atoms with Gasteiger partial charge in [-0.15, -0.1) is 11.3 Å². The number of nitriles is 1. The second kappa shape index (κ2) is 6.19. The molecule has 0 bridgehead atoms. The van der Waals surface area contributed by atoms with Gasteiger partial charge >= 0.3 is 0 Å². The summed E-state index contributed by atoms with van der Waals surface area (Å²) in [4.78, 5) is 5.81. The van der Waals surface area contributed by atoms with Gasteiger partial charge in [-0.2, -0.15) is 5.26 Å². The fourth-order valence-electron chi connectivity index (χ4n) is 2.48. The quantitative estimate of drug-likeness (QED) is 0.662. The van der Waals surface area contributed by atoms with Gasteiger partial charge in [0.15, 0.2) is 0 Å². The first-order valence-electron chi connectivity index (χ1n) is 6.73. The van der Waals surface area contributed by atoms with E-state index in [1.165, 1.54) is 16.9 Å². The standard InChI is InChI=1S/C16H12Cl2N2S/c17-13-6-5-10(7-14(13)18)9-20-16-12(8-19)11-3-1-2-4-15(11)21-16/h5-7,9H,1-4H2. The minimum absolute atomic E-state index is 0.506. The van der Waals surface area contributed by atoms with Gasteiger partial charge in [-0.1, -0.05) is 29.3 Å². The fourth-order valence-corrected chi connectivity index (χ4v) is 3.97. The highest BCUT2D eigenvalue weighted by atomic mass is 35.5. The average Bonchev–Trinajstić information content (AvgIpc) is 2.86. The first kappa shape index (κ1) is 14.6. The number of fused-ring (bicyclic) bond motifs is 1. The fraction of sp³-hybridized carbons (Fsp3) is 0.250. The predicted octanol–water partition coefficient (Wildman–Crippen LogP) is 5.56. The highest BCUT2D eigenvalue weighted by molar-refractivity contribution is 7.16. The van der Waals surface area contributed by atoms with Crippen molar-refractivity contribution in [2.45, 2.75) is 25.7 Å². The maximum atomic E-state index is 9.39. The molecule has 106 valence electrons. The molecule has 0 atom stereocenters. The Kier molecular flexibility index (Phi) is 4.30. The van der Waals surface area contributed by atoms with Gasteiger partial charge in [0.05, 0.1) is 15.6 Å². The van der Waals surface area contributed by atoms with Gasteiger partial charge in [-0.05, 0) is 48.9 Å². The van der Waals surface area contributed by atoms with E-state index in [4.69, 9.17) is 23.2 Å². The van der Waals surface area contributed by atoms with Gasteiger partial charge in [0.2, 0.25) is 0 Å². The number of hydrogen-bond donors (Lipinski definition) is 0. The van der Waals surface area contributed by atoms with Gasteiger partial charge < -0.3 is 0 Å². The van der Waals surface area contributed by atoms with Crippen LogP contribution < -0.4 is 0 Å². The summed E-state index contributed by atoms with van der Waals surface area (Å²) < 4.78 is 0. The number of aliphatic imine (C=N–C) groups is 1. The van der Waals surface area contributed by atoms with E-state index in [1.807, 2.05) is 6.07 Å². The molecule has 1 aliphatic carbocycles. The van der Waals surface area contributed by atoms with E-state index in [1.54, 1.807) is 29.7 Å². The number of halogens is 2. The summed E-state index contributed by atoms with van der Waals surface area (Å²) in [5.41, 5.74) is 2.82. The molecule has 5 heteroatoms. The lowest BCUT2D eigenvalue weighted by Gasteiger charge is -2.09. The van der Waals surface area contributed by atoms with Crippen LogP contribution in [0, 0.1) is 11.3 Å². The van der Waals surface area contributed by atoms with Crippen LogP contribution in [0.15, 0.2) is 23.2 Å². The third kappa shape index (κ3) is 2.98. The molecule has 2 aromatic rings. The Morgan fingerprint density at radius 3 is 2.76 bits per heavy atom. The smallest absolute Gasteiger partial charge is 0.134 e. The molecule has 0 amide bonds. The molecule has 1 heterocycles. The van der Waals surface area contributed by atoms with E-state index in [0.717, 1.165) is 35.4 Å². The summed E-state index contributed by atoms with van der Waals surface area (Å²) >= 11 is 13.5. The lowest BCUT2D eigenvalue weighted by atomic mass is 9.96. The Hall–Kier alpha value is -1.34. The first-order chi connectivity index (χ1) is 10.2. The molecule has 0 unspecified atom stereocenters. The van der Waals surface area contributed by atoms with Crippen LogP contribution in [-0.2, 0) is 12.8 Å². The van der Waals surface area contributed by atoms with Crippen molar-refractivity contribution in [2.75, 3.05) is 0 Å². The van der Waals surface area contributed by atoms with E-state index in [9.17, 15) is 5.26 Å². The molecule has 0 saturated carbocycles. The van der Waals surface area contributed by atoms with Crippen molar-refractivity contribution in [2.24, 2.45) is 4.99 Å². The van der Waals surface area contributed by atoms with Gasteiger partial charge in [-0.25, -0.2) is 4.99 Å². The minimum Gasteiger partial charge on any atom is -0.244 e. The predicted molar refractivity (Wildman–Crippen MR) is 89.4 cm³/mol. The Balaban J connectivity index is 1.94. The summed E-state index contributed by atoms with van der Waals surface area (Å²) in [7, 11) is 0. The first-order valence-corrected chi connectivity index (χ1v) is 8.30. The normalized spacial score (nSPS) is 14.1. The largest absolute Gasteiger partial charge is 0.244 e. The van der Waals surface area contributed by atoms with Crippen molar-refractivity contribution in [1.29, 1.82) is 5.26 Å². The number of rotatable bonds is 2. The molecule has 0 radical (unpaired) electrons. The molecular formula is C16H12Cl2N2S. The molecule has 1 aliphatic rings. The molecule has 2 nitrogen and oxygen atoms in total. The van der Waals surface area contributed by atoms with Crippen LogP contribution >= 0.6 is 34.5 Å². The molecule has 3 rings (SSSR count). The monoisotopic (exact) mass is 334 g/mol. The van der Waals surface area contributed by atoms with Crippen molar-refractivity contribution in [1.82, 2.24) is 0 Å². The van der Waals surface area contributed by atoms with Crippen LogP contribution in [0.25, 0.3) is 0 Å². The van der Waals surface area contributed by atoms with Crippen molar-refractivity contribution in [3.05, 3.63) is 49.8 Å². The Morgan fingerprint density at radius 1 is 1.19 bits per heavy atom. The highest BCUT2D eigenvalue weighted by Crippen LogP contribution is 2.39. The van der Waals surface area contributed by atoms with E-state index < -0.39 is 0 Å². The van der Waals surface area contributed by atoms with E-state index >= 15 is 0 Å². The summed E-state index contributed by atoms with van der Waals surface area (Å²) in [5, 5.41) is 11.2. The second-order valence-electron chi connectivity index (χ2n) is 4.93. The zero-order valence-electron chi connectivity index (χ0n) is 11.2. The van der Waals surface area contributed by atoms with Gasteiger partial charge in [0, 0.05) is 11.1 Å². The maximum Gasteiger partial charge on any atom is 0.134 e. The summed E-state index contributed by atoms with van der Waals surface area (Å²) in [5.74, 6) is 0. The van der Waals surface area contributed by atoms with Crippen LogP contribution in [0.5, 0.6) is 0 Å². The molecule has 0 fully saturated rings. The maximum absolute atomic E-state index is 9.39. The zero-order chi connectivity index (χ0) is 14.8. The Morgan fingerprint density at radius 2 is 2.00 bits per heavy atom. The molecule has 0 saturated heterocycles. The second-order valence-corrected chi connectivity index (χ2v) is 6.83. The molecular weight excluding hydrogens is 323 g/mol. The lowest BCUT2D eigenvalue weighted by Crippen LogP contribution is -1.99. The SMILES string of the molecule is N#Cc1c(N=Cc2ccc(Cl)c(Cl)c2)sc2c1CCCC2. The molecule has 0 aliphatic heterocycles. The van der Waals surface area contributed by atoms with Gasteiger partial charge in [0.1, 0.15) is 11.1 Å². The van der Waals surface area contributed by atoms with Crippen molar-refractivity contribution >= 4 is 45.8 Å². The topological polar surface area (TPSA) is 36.1 Å². The minimum atomic E-state index is 0.506. The van der Waals surface area contributed by atoms with Crippen LogP contribution in [0.2, 0.25) is 10.0 Å². The summed E-state index contributed by atoms with van der Waals surface area (Å²) in [6, 6.07) is 7.69. The van der Waals surface area contributed by atoms with E-state index in [-0.39, 0.29) is 0 Å². The van der Waals surface area contributed by atoms with Crippen molar-refractivity contribution in [3.8, 4) is 6.07 Å². The number of thiophene rings is 1. The number of aryl methyl sites for hydroxylation is 1.